The molecule has 1 amide bonds. The molecule has 0 saturated heterocycles. The fourth-order valence-electron chi connectivity index (χ4n) is 3.09. The van der Waals surface area contributed by atoms with Crippen LogP contribution in [0.25, 0.3) is 0 Å². The summed E-state index contributed by atoms with van der Waals surface area (Å²) >= 11 is 0. The molecule has 0 aliphatic heterocycles. The van der Waals surface area contributed by atoms with Crippen LogP contribution in [-0.2, 0) is 9.53 Å². The first-order valence-corrected chi connectivity index (χ1v) is 9.05. The van der Waals surface area contributed by atoms with Crippen molar-refractivity contribution in [2.45, 2.75) is 58.5 Å². The maximum atomic E-state index is 12.7. The van der Waals surface area contributed by atoms with E-state index in [9.17, 15) is 19.7 Å². The Bertz CT molecular complexity index is 687. The predicted octanol–water partition coefficient (Wildman–Crippen LogP) is 3.98. The highest BCUT2D eigenvalue weighted by molar-refractivity contribution is 5.79. The second-order valence-corrected chi connectivity index (χ2v) is 7.84. The van der Waals surface area contributed by atoms with Crippen molar-refractivity contribution in [2.75, 3.05) is 6.54 Å². The van der Waals surface area contributed by atoms with Crippen LogP contribution in [0.1, 0.15) is 52.9 Å². The van der Waals surface area contributed by atoms with Gasteiger partial charge < -0.3 is 14.8 Å². The fraction of sp³-hybridized carbons (Fsp3) is 0.579. The van der Waals surface area contributed by atoms with Gasteiger partial charge in [-0.15, -0.1) is 0 Å². The lowest BCUT2D eigenvalue weighted by molar-refractivity contribution is -0.384. The first-order chi connectivity index (χ1) is 12.6. The van der Waals surface area contributed by atoms with E-state index in [0.717, 1.165) is 19.3 Å². The van der Waals surface area contributed by atoms with Gasteiger partial charge in [0.15, 0.2) is 0 Å². The summed E-state index contributed by atoms with van der Waals surface area (Å²) in [6.07, 6.45) is 3.45. The smallest absolute Gasteiger partial charge is 0.412 e. The first-order valence-electron chi connectivity index (χ1n) is 9.05. The minimum Gasteiger partial charge on any atom is -0.459 e. The summed E-state index contributed by atoms with van der Waals surface area (Å²) in [4.78, 5) is 35.0. The molecule has 0 unspecified atom stereocenters. The number of hydrogen-bond acceptors (Lipinski definition) is 6. The highest BCUT2D eigenvalue weighted by atomic mass is 16.6. The van der Waals surface area contributed by atoms with Crippen LogP contribution in [-0.4, -0.2) is 29.1 Å². The van der Waals surface area contributed by atoms with E-state index >= 15 is 0 Å². The lowest BCUT2D eigenvalue weighted by Gasteiger charge is -2.37. The number of amides is 1. The Hall–Kier alpha value is -2.64. The molecule has 0 radical (unpaired) electrons. The highest BCUT2D eigenvalue weighted by Crippen LogP contribution is 2.38. The molecule has 8 nitrogen and oxygen atoms in total. The molecule has 1 aliphatic carbocycles. The molecular weight excluding hydrogens is 352 g/mol. The Morgan fingerprint density at radius 2 is 1.74 bits per heavy atom. The summed E-state index contributed by atoms with van der Waals surface area (Å²) in [6.45, 7) is 5.58. The van der Waals surface area contributed by atoms with Crippen molar-refractivity contribution in [2.24, 2.45) is 5.41 Å². The molecule has 1 saturated carbocycles. The maximum Gasteiger partial charge on any atom is 0.412 e. The van der Waals surface area contributed by atoms with Gasteiger partial charge in [-0.05, 0) is 45.7 Å². The Morgan fingerprint density at radius 3 is 2.26 bits per heavy atom. The number of nitrogens with one attached hydrogen (secondary N) is 1. The van der Waals surface area contributed by atoms with Crippen LogP contribution < -0.4 is 10.1 Å². The molecule has 1 aromatic carbocycles. The van der Waals surface area contributed by atoms with E-state index < -0.39 is 22.0 Å². The Balaban J connectivity index is 1.98. The Morgan fingerprint density at radius 1 is 1.15 bits per heavy atom. The van der Waals surface area contributed by atoms with Gasteiger partial charge in [-0.1, -0.05) is 19.3 Å². The summed E-state index contributed by atoms with van der Waals surface area (Å²) in [5.41, 5.74) is -1.44. The van der Waals surface area contributed by atoms with Crippen molar-refractivity contribution < 1.29 is 24.0 Å². The van der Waals surface area contributed by atoms with Crippen LogP contribution in [0.4, 0.5) is 10.5 Å². The fourth-order valence-corrected chi connectivity index (χ4v) is 3.09. The van der Waals surface area contributed by atoms with Gasteiger partial charge in [-0.25, -0.2) is 4.79 Å². The number of hydrogen-bond donors (Lipinski definition) is 1. The number of carbonyl (C=O) groups is 2. The molecular formula is C19H26N2O6. The monoisotopic (exact) mass is 378 g/mol. The summed E-state index contributed by atoms with van der Waals surface area (Å²) < 4.78 is 10.7. The number of carbonyl (C=O) groups excluding carboxylic acids is 2. The minimum atomic E-state index is -0.750. The van der Waals surface area contributed by atoms with E-state index in [0.29, 0.717) is 12.8 Å². The second-order valence-electron chi connectivity index (χ2n) is 7.84. The zero-order valence-corrected chi connectivity index (χ0v) is 15.9. The van der Waals surface area contributed by atoms with E-state index in [2.05, 4.69) is 5.32 Å². The first kappa shape index (κ1) is 20.7. The number of nitro groups is 1. The van der Waals surface area contributed by atoms with Gasteiger partial charge in [0.25, 0.3) is 5.69 Å². The Labute approximate surface area is 158 Å². The number of ether oxygens (including phenoxy) is 2. The van der Waals surface area contributed by atoms with Crippen LogP contribution in [0.2, 0.25) is 0 Å². The van der Waals surface area contributed by atoms with Crippen LogP contribution in [0.15, 0.2) is 24.3 Å². The summed E-state index contributed by atoms with van der Waals surface area (Å²) in [6, 6.07) is 5.21. The molecule has 0 spiro atoms. The van der Waals surface area contributed by atoms with Crippen molar-refractivity contribution in [3.05, 3.63) is 34.4 Å². The highest BCUT2D eigenvalue weighted by Gasteiger charge is 2.42. The summed E-state index contributed by atoms with van der Waals surface area (Å²) in [5.74, 6) is -0.113. The third-order valence-electron chi connectivity index (χ3n) is 4.47. The molecule has 27 heavy (non-hydrogen) atoms. The molecule has 0 aromatic heterocycles. The molecule has 2 rings (SSSR count). The SMILES string of the molecule is CC(C)(C)OC(=O)C1(CNC(=O)Oc2ccc([N+](=O)[O-])cc2)CCCCC1. The minimum absolute atomic E-state index is 0.0890. The molecule has 1 N–H and O–H groups in total. The number of esters is 1. The molecule has 148 valence electrons. The van der Waals surface area contributed by atoms with Gasteiger partial charge in [-0.2, -0.15) is 0 Å². The van der Waals surface area contributed by atoms with E-state index in [-0.39, 0.29) is 24.0 Å². The third-order valence-corrected chi connectivity index (χ3v) is 4.47. The topological polar surface area (TPSA) is 108 Å². The largest absolute Gasteiger partial charge is 0.459 e. The molecule has 1 aliphatic rings. The van der Waals surface area contributed by atoms with Gasteiger partial charge in [0, 0.05) is 18.7 Å². The van der Waals surface area contributed by atoms with Crippen molar-refractivity contribution >= 4 is 17.7 Å². The maximum absolute atomic E-state index is 12.7. The molecule has 0 bridgehead atoms. The number of rotatable bonds is 5. The molecule has 0 atom stereocenters. The van der Waals surface area contributed by atoms with Crippen molar-refractivity contribution in [1.82, 2.24) is 5.32 Å². The zero-order chi connectivity index (χ0) is 20.1. The molecule has 1 aromatic rings. The standard InChI is InChI=1S/C19H26N2O6/c1-18(2,3)27-16(22)19(11-5-4-6-12-19)13-20-17(23)26-15-9-7-14(8-10-15)21(24)25/h7-10H,4-6,11-13H2,1-3H3,(H,20,23). The van der Waals surface area contributed by atoms with Crippen LogP contribution in [0.3, 0.4) is 0 Å². The Kier molecular flexibility index (Phi) is 6.41. The summed E-state index contributed by atoms with van der Waals surface area (Å²) in [5, 5.41) is 13.3. The van der Waals surface area contributed by atoms with E-state index in [1.54, 1.807) is 0 Å². The van der Waals surface area contributed by atoms with Crippen LogP contribution >= 0.6 is 0 Å². The van der Waals surface area contributed by atoms with Gasteiger partial charge >= 0.3 is 12.1 Å². The zero-order valence-electron chi connectivity index (χ0n) is 15.9. The van der Waals surface area contributed by atoms with Crippen molar-refractivity contribution in [3.63, 3.8) is 0 Å². The van der Waals surface area contributed by atoms with Crippen LogP contribution in [0, 0.1) is 15.5 Å². The quantitative estimate of drug-likeness (QED) is 0.472. The van der Waals surface area contributed by atoms with E-state index in [1.807, 2.05) is 20.8 Å². The molecule has 0 heterocycles. The lowest BCUT2D eigenvalue weighted by atomic mass is 9.74. The number of non-ortho nitro benzene ring substituents is 1. The number of benzene rings is 1. The second kappa shape index (κ2) is 8.37. The predicted molar refractivity (Wildman–Crippen MR) is 98.5 cm³/mol. The van der Waals surface area contributed by atoms with E-state index in [4.69, 9.17) is 9.47 Å². The normalized spacial score (nSPS) is 16.3. The average Bonchev–Trinajstić information content (AvgIpc) is 2.60. The van der Waals surface area contributed by atoms with Crippen LogP contribution in [0.5, 0.6) is 5.75 Å². The van der Waals surface area contributed by atoms with Gasteiger partial charge in [0.1, 0.15) is 11.4 Å². The van der Waals surface area contributed by atoms with Gasteiger partial charge in [0.2, 0.25) is 0 Å². The third kappa shape index (κ3) is 5.94. The number of nitro benzene ring substituents is 1. The average molecular weight is 378 g/mol. The van der Waals surface area contributed by atoms with Crippen molar-refractivity contribution in [3.8, 4) is 5.75 Å². The van der Waals surface area contributed by atoms with E-state index in [1.165, 1.54) is 24.3 Å². The summed E-state index contributed by atoms with van der Waals surface area (Å²) in [7, 11) is 0. The molecule has 8 heteroatoms. The molecule has 1 fully saturated rings. The van der Waals surface area contributed by atoms with Gasteiger partial charge in [-0.3, -0.25) is 14.9 Å². The van der Waals surface area contributed by atoms with Gasteiger partial charge in [0.05, 0.1) is 10.3 Å². The van der Waals surface area contributed by atoms with Crippen molar-refractivity contribution in [1.29, 1.82) is 0 Å². The lowest BCUT2D eigenvalue weighted by Crippen LogP contribution is -2.47. The number of nitrogens with zero attached hydrogens (tertiary/aromatic N) is 1.